The van der Waals surface area contributed by atoms with Gasteiger partial charge >= 0.3 is 0 Å². The van der Waals surface area contributed by atoms with Gasteiger partial charge in [-0.05, 0) is 67.4 Å². The molecule has 0 spiro atoms. The van der Waals surface area contributed by atoms with Crippen LogP contribution in [-0.2, 0) is 11.2 Å². The monoisotopic (exact) mass is 419 g/mol. The molecule has 0 bridgehead atoms. The lowest BCUT2D eigenvalue weighted by atomic mass is 10.1. The molecule has 1 aliphatic heterocycles. The van der Waals surface area contributed by atoms with Crippen LogP contribution >= 0.6 is 0 Å². The third-order valence-electron chi connectivity index (χ3n) is 5.58. The molecule has 1 fully saturated rings. The van der Waals surface area contributed by atoms with Gasteiger partial charge in [-0.3, -0.25) is 14.7 Å². The molecule has 4 rings (SSSR count). The summed E-state index contributed by atoms with van der Waals surface area (Å²) in [5.74, 6) is 0.478. The van der Waals surface area contributed by atoms with E-state index in [4.69, 9.17) is 9.72 Å². The van der Waals surface area contributed by atoms with Crippen LogP contribution in [0, 0.1) is 5.82 Å². The van der Waals surface area contributed by atoms with Crippen LogP contribution in [0.15, 0.2) is 66.7 Å². The predicted molar refractivity (Wildman–Crippen MR) is 119 cm³/mol. The number of anilines is 1. The van der Waals surface area contributed by atoms with Crippen LogP contribution in [-0.4, -0.2) is 36.0 Å². The SMILES string of the molecule is COc1ccc(NC(=O)CN2CCC[C@@H]2c2cccc(Cc3ccccc3F)n2)cc1. The molecule has 1 atom stereocenters. The van der Waals surface area contributed by atoms with Crippen molar-refractivity contribution in [3.05, 3.63) is 89.5 Å². The lowest BCUT2D eigenvalue weighted by Crippen LogP contribution is -2.33. The molecule has 1 aromatic heterocycles. The lowest BCUT2D eigenvalue weighted by molar-refractivity contribution is -0.117. The first-order valence-electron chi connectivity index (χ1n) is 10.5. The molecule has 0 unspecified atom stereocenters. The molecule has 2 aromatic carbocycles. The summed E-state index contributed by atoms with van der Waals surface area (Å²) in [4.78, 5) is 19.6. The molecule has 0 radical (unpaired) electrons. The number of rotatable bonds is 7. The van der Waals surface area contributed by atoms with Gasteiger partial charge in [0.1, 0.15) is 11.6 Å². The second kappa shape index (κ2) is 9.71. The maximum absolute atomic E-state index is 14.0. The molecular formula is C25H26FN3O2. The van der Waals surface area contributed by atoms with Gasteiger partial charge in [-0.2, -0.15) is 0 Å². The summed E-state index contributed by atoms with van der Waals surface area (Å²) in [6.07, 6.45) is 2.41. The lowest BCUT2D eigenvalue weighted by Gasteiger charge is -2.24. The standard InChI is InChI=1S/C25H26FN3O2/c1-31-21-13-11-19(12-14-21)28-25(30)17-29-15-5-10-24(29)23-9-4-7-20(27-23)16-18-6-2-3-8-22(18)26/h2-4,6-9,11-14,24H,5,10,15-17H2,1H3,(H,28,30)/t24-/m1/s1. The van der Waals surface area contributed by atoms with E-state index in [9.17, 15) is 9.18 Å². The molecule has 1 aliphatic rings. The van der Waals surface area contributed by atoms with Crippen LogP contribution in [0.1, 0.15) is 35.8 Å². The van der Waals surface area contributed by atoms with Crippen molar-refractivity contribution in [3.8, 4) is 5.75 Å². The molecule has 6 heteroatoms. The van der Waals surface area contributed by atoms with Gasteiger partial charge < -0.3 is 10.1 Å². The molecule has 0 saturated carbocycles. The van der Waals surface area contributed by atoms with E-state index in [0.29, 0.717) is 18.5 Å². The highest BCUT2D eigenvalue weighted by molar-refractivity contribution is 5.92. The number of nitrogens with one attached hydrogen (secondary N) is 1. The number of hydrogen-bond donors (Lipinski definition) is 1. The van der Waals surface area contributed by atoms with Gasteiger partial charge in [0, 0.05) is 17.8 Å². The fourth-order valence-electron chi connectivity index (χ4n) is 4.03. The van der Waals surface area contributed by atoms with E-state index < -0.39 is 0 Å². The van der Waals surface area contributed by atoms with Crippen molar-refractivity contribution in [3.63, 3.8) is 0 Å². The van der Waals surface area contributed by atoms with E-state index in [1.165, 1.54) is 6.07 Å². The maximum Gasteiger partial charge on any atom is 0.238 e. The number of ether oxygens (including phenoxy) is 1. The minimum absolute atomic E-state index is 0.0559. The van der Waals surface area contributed by atoms with Crippen molar-refractivity contribution in [1.82, 2.24) is 9.88 Å². The Balaban J connectivity index is 1.42. The quantitative estimate of drug-likeness (QED) is 0.608. The van der Waals surface area contributed by atoms with Crippen LogP contribution in [0.3, 0.4) is 0 Å². The minimum Gasteiger partial charge on any atom is -0.497 e. The Labute approximate surface area is 181 Å². The van der Waals surface area contributed by atoms with Crippen molar-refractivity contribution < 1.29 is 13.9 Å². The average Bonchev–Trinajstić information content (AvgIpc) is 3.24. The summed E-state index contributed by atoms with van der Waals surface area (Å²) in [6.45, 7) is 1.15. The van der Waals surface area contributed by atoms with Crippen molar-refractivity contribution in [2.24, 2.45) is 0 Å². The number of carbonyl (C=O) groups excluding carboxylic acids is 1. The molecule has 1 N–H and O–H groups in total. The van der Waals surface area contributed by atoms with Gasteiger partial charge in [0.25, 0.3) is 0 Å². The molecule has 3 aromatic rings. The summed E-state index contributed by atoms with van der Waals surface area (Å²) in [5, 5.41) is 2.94. The van der Waals surface area contributed by atoms with E-state index in [-0.39, 0.29) is 17.8 Å². The number of halogens is 1. The number of carbonyl (C=O) groups is 1. The molecule has 5 nitrogen and oxygen atoms in total. The van der Waals surface area contributed by atoms with Crippen LogP contribution in [0.25, 0.3) is 0 Å². The Morgan fingerprint density at radius 2 is 1.94 bits per heavy atom. The van der Waals surface area contributed by atoms with Gasteiger partial charge in [-0.1, -0.05) is 24.3 Å². The van der Waals surface area contributed by atoms with E-state index in [0.717, 1.165) is 42.2 Å². The van der Waals surface area contributed by atoms with Gasteiger partial charge in [0.2, 0.25) is 5.91 Å². The number of likely N-dealkylation sites (tertiary alicyclic amines) is 1. The zero-order valence-electron chi connectivity index (χ0n) is 17.6. The van der Waals surface area contributed by atoms with Crippen molar-refractivity contribution in [2.45, 2.75) is 25.3 Å². The number of benzene rings is 2. The number of pyridine rings is 1. The van der Waals surface area contributed by atoms with Crippen molar-refractivity contribution >= 4 is 11.6 Å². The average molecular weight is 420 g/mol. The number of methoxy groups -OCH3 is 1. The zero-order valence-corrected chi connectivity index (χ0v) is 17.6. The second-order valence-electron chi connectivity index (χ2n) is 7.73. The molecular weight excluding hydrogens is 393 g/mol. The van der Waals surface area contributed by atoms with Gasteiger partial charge in [0.05, 0.1) is 25.4 Å². The topological polar surface area (TPSA) is 54.5 Å². The summed E-state index contributed by atoms with van der Waals surface area (Å²) in [5.41, 5.74) is 3.14. The van der Waals surface area contributed by atoms with Crippen molar-refractivity contribution in [2.75, 3.05) is 25.5 Å². The van der Waals surface area contributed by atoms with E-state index in [2.05, 4.69) is 10.2 Å². The highest BCUT2D eigenvalue weighted by atomic mass is 19.1. The zero-order chi connectivity index (χ0) is 21.6. The summed E-state index contributed by atoms with van der Waals surface area (Å²) < 4.78 is 19.2. The second-order valence-corrected chi connectivity index (χ2v) is 7.73. The Morgan fingerprint density at radius 3 is 2.71 bits per heavy atom. The molecule has 2 heterocycles. The normalized spacial score (nSPS) is 16.3. The highest BCUT2D eigenvalue weighted by Gasteiger charge is 2.28. The summed E-state index contributed by atoms with van der Waals surface area (Å²) in [6, 6.07) is 20.0. The fourth-order valence-corrected chi connectivity index (χ4v) is 4.03. The highest BCUT2D eigenvalue weighted by Crippen LogP contribution is 2.31. The third-order valence-corrected chi connectivity index (χ3v) is 5.58. The predicted octanol–water partition coefficient (Wildman–Crippen LogP) is 4.60. The minimum atomic E-state index is -0.215. The fraction of sp³-hybridized carbons (Fsp3) is 0.280. The van der Waals surface area contributed by atoms with Crippen LogP contribution in [0.5, 0.6) is 5.75 Å². The molecule has 1 saturated heterocycles. The van der Waals surface area contributed by atoms with E-state index in [1.807, 2.05) is 48.5 Å². The number of amides is 1. The van der Waals surface area contributed by atoms with Gasteiger partial charge in [-0.15, -0.1) is 0 Å². The first-order valence-corrected chi connectivity index (χ1v) is 10.5. The number of aromatic nitrogens is 1. The summed E-state index contributed by atoms with van der Waals surface area (Å²) in [7, 11) is 1.61. The first kappa shape index (κ1) is 21.0. The molecule has 1 amide bonds. The molecule has 0 aliphatic carbocycles. The first-order chi connectivity index (χ1) is 15.1. The van der Waals surface area contributed by atoms with E-state index in [1.54, 1.807) is 19.2 Å². The van der Waals surface area contributed by atoms with Gasteiger partial charge in [0.15, 0.2) is 0 Å². The Kier molecular flexibility index (Phi) is 6.57. The Bertz CT molecular complexity index is 1040. The van der Waals surface area contributed by atoms with Gasteiger partial charge in [-0.25, -0.2) is 4.39 Å². The largest absolute Gasteiger partial charge is 0.497 e. The van der Waals surface area contributed by atoms with Crippen LogP contribution in [0.2, 0.25) is 0 Å². The van der Waals surface area contributed by atoms with Crippen LogP contribution in [0.4, 0.5) is 10.1 Å². The van der Waals surface area contributed by atoms with E-state index >= 15 is 0 Å². The molecule has 31 heavy (non-hydrogen) atoms. The number of nitrogens with zero attached hydrogens (tertiary/aromatic N) is 2. The Hall–Kier alpha value is -3.25. The Morgan fingerprint density at radius 1 is 1.13 bits per heavy atom. The third kappa shape index (κ3) is 5.27. The maximum atomic E-state index is 14.0. The van der Waals surface area contributed by atoms with Crippen LogP contribution < -0.4 is 10.1 Å². The van der Waals surface area contributed by atoms with Crippen molar-refractivity contribution in [1.29, 1.82) is 0 Å². The smallest absolute Gasteiger partial charge is 0.238 e. The number of hydrogen-bond acceptors (Lipinski definition) is 4. The summed E-state index contributed by atoms with van der Waals surface area (Å²) >= 11 is 0. The molecule has 160 valence electrons.